The van der Waals surface area contributed by atoms with Gasteiger partial charge in [-0.2, -0.15) is 0 Å². The Morgan fingerprint density at radius 3 is 1.90 bits per heavy atom. The Morgan fingerprint density at radius 2 is 1.08 bits per heavy atom. The zero-order valence-corrected chi connectivity index (χ0v) is 27.5. The third kappa shape index (κ3) is 5.13. The molecule has 2 heterocycles. The van der Waals surface area contributed by atoms with Gasteiger partial charge in [0.15, 0.2) is 5.58 Å². The number of nitrogens with zero attached hydrogens (tertiary/aromatic N) is 2. The summed E-state index contributed by atoms with van der Waals surface area (Å²) in [6.45, 7) is 0. The number of para-hydroxylation sites is 1. The topological polar surface area (TPSA) is 42.4 Å². The molecule has 0 bridgehead atoms. The van der Waals surface area contributed by atoms with E-state index in [9.17, 15) is 0 Å². The molecule has 0 atom stereocenters. The monoisotopic (exact) mass is 654 g/mol. The molecule has 0 unspecified atom stereocenters. The number of aromatic nitrogens is 1. The second-order valence-corrected chi connectivity index (χ2v) is 12.8. The van der Waals surface area contributed by atoms with Crippen molar-refractivity contribution in [1.82, 2.24) is 4.98 Å². The predicted molar refractivity (Wildman–Crippen MR) is 210 cm³/mol. The molecule has 0 aliphatic carbocycles. The Morgan fingerprint density at radius 1 is 0.392 bits per heavy atom. The molecule has 51 heavy (non-hydrogen) atoms. The summed E-state index contributed by atoms with van der Waals surface area (Å²) in [4.78, 5) is 7.13. The van der Waals surface area contributed by atoms with Crippen molar-refractivity contribution >= 4 is 60.9 Å². The van der Waals surface area contributed by atoms with Crippen LogP contribution in [0.2, 0.25) is 0 Å². The number of fused-ring (bicyclic) bond motifs is 5. The second kappa shape index (κ2) is 11.9. The fraction of sp³-hybridized carbons (Fsp3) is 0. The Labute approximate surface area is 294 Å². The molecule has 2 aromatic heterocycles. The van der Waals surface area contributed by atoms with Gasteiger partial charge in [0.25, 0.3) is 0 Å². The number of benzene rings is 8. The van der Waals surface area contributed by atoms with Gasteiger partial charge in [-0.05, 0) is 82.1 Å². The fourth-order valence-corrected chi connectivity index (χ4v) is 7.16. The van der Waals surface area contributed by atoms with E-state index < -0.39 is 0 Å². The molecule has 0 aliphatic rings. The van der Waals surface area contributed by atoms with Gasteiger partial charge in [0.2, 0.25) is 5.89 Å². The molecular formula is C47H30N2O2. The highest BCUT2D eigenvalue weighted by molar-refractivity contribution is 6.12. The standard InChI is InChI=1S/C47H30N2O2/c1-3-11-31(12-4-1)36-17-9-18-38(27-36)49(39-26-21-32-13-7-8-16-35(32)28-39)37-24-22-33(23-25-37)40-19-10-20-41-42-29-43-45(30-44(42)50-46(40)41)51-47(48-43)34-14-5-2-6-15-34/h1-30H. The van der Waals surface area contributed by atoms with Gasteiger partial charge in [-0.1, -0.05) is 121 Å². The molecule has 0 aliphatic heterocycles. The highest BCUT2D eigenvalue weighted by atomic mass is 16.4. The number of hydrogen-bond acceptors (Lipinski definition) is 4. The summed E-state index contributed by atoms with van der Waals surface area (Å²) in [5.74, 6) is 0.605. The van der Waals surface area contributed by atoms with E-state index in [0.29, 0.717) is 11.5 Å². The molecule has 8 aromatic carbocycles. The lowest BCUT2D eigenvalue weighted by atomic mass is 10.0. The number of anilines is 3. The Hall–Kier alpha value is -6.91. The van der Waals surface area contributed by atoms with Crippen molar-refractivity contribution in [2.24, 2.45) is 0 Å². The highest BCUT2D eigenvalue weighted by Crippen LogP contribution is 2.41. The van der Waals surface area contributed by atoms with Crippen molar-refractivity contribution in [1.29, 1.82) is 0 Å². The van der Waals surface area contributed by atoms with Crippen LogP contribution in [0, 0.1) is 0 Å². The Bertz CT molecular complexity index is 2850. The summed E-state index contributed by atoms with van der Waals surface area (Å²) in [7, 11) is 0. The lowest BCUT2D eigenvalue weighted by Crippen LogP contribution is -2.10. The van der Waals surface area contributed by atoms with E-state index in [1.165, 1.54) is 21.9 Å². The maximum atomic E-state index is 6.58. The van der Waals surface area contributed by atoms with Gasteiger partial charge >= 0.3 is 0 Å². The number of oxazole rings is 1. The van der Waals surface area contributed by atoms with Gasteiger partial charge in [-0.15, -0.1) is 0 Å². The van der Waals surface area contributed by atoms with Crippen molar-refractivity contribution < 1.29 is 8.83 Å². The molecule has 0 saturated carbocycles. The van der Waals surface area contributed by atoms with Crippen molar-refractivity contribution in [3.8, 4) is 33.7 Å². The minimum absolute atomic E-state index is 0.605. The van der Waals surface area contributed by atoms with E-state index in [1.807, 2.05) is 36.4 Å². The first-order chi connectivity index (χ1) is 25.2. The molecule has 0 fully saturated rings. The van der Waals surface area contributed by atoms with E-state index >= 15 is 0 Å². The van der Waals surface area contributed by atoms with Crippen LogP contribution in [0.3, 0.4) is 0 Å². The Kier molecular flexibility index (Phi) is 6.78. The van der Waals surface area contributed by atoms with Crippen molar-refractivity contribution in [2.75, 3.05) is 4.90 Å². The average Bonchev–Trinajstić information content (AvgIpc) is 3.79. The van der Waals surface area contributed by atoms with Crippen LogP contribution in [-0.2, 0) is 0 Å². The third-order valence-corrected chi connectivity index (χ3v) is 9.67. The van der Waals surface area contributed by atoms with Gasteiger partial charge in [-0.25, -0.2) is 4.98 Å². The minimum atomic E-state index is 0.605. The fourth-order valence-electron chi connectivity index (χ4n) is 7.16. The summed E-state index contributed by atoms with van der Waals surface area (Å²) in [5.41, 5.74) is 11.8. The third-order valence-electron chi connectivity index (χ3n) is 9.67. The average molecular weight is 655 g/mol. The molecule has 0 amide bonds. The molecule has 4 nitrogen and oxygen atoms in total. The molecule has 10 aromatic rings. The first kappa shape index (κ1) is 29.0. The van der Waals surface area contributed by atoms with Gasteiger partial charge in [-0.3, -0.25) is 0 Å². The van der Waals surface area contributed by atoms with E-state index in [-0.39, 0.29) is 0 Å². The molecular weight excluding hydrogens is 625 g/mol. The zero-order chi connectivity index (χ0) is 33.7. The van der Waals surface area contributed by atoms with Crippen LogP contribution in [0.4, 0.5) is 17.1 Å². The maximum Gasteiger partial charge on any atom is 0.227 e. The lowest BCUT2D eigenvalue weighted by molar-refractivity contribution is 0.617. The van der Waals surface area contributed by atoms with Crippen LogP contribution in [0.25, 0.3) is 77.5 Å². The molecule has 0 radical (unpaired) electrons. The molecule has 0 spiro atoms. The van der Waals surface area contributed by atoms with Crippen LogP contribution in [0.1, 0.15) is 0 Å². The van der Waals surface area contributed by atoms with E-state index in [2.05, 4.69) is 150 Å². The van der Waals surface area contributed by atoms with Crippen LogP contribution < -0.4 is 4.90 Å². The summed E-state index contributed by atoms with van der Waals surface area (Å²) in [6.07, 6.45) is 0. The first-order valence-corrected chi connectivity index (χ1v) is 17.1. The highest BCUT2D eigenvalue weighted by Gasteiger charge is 2.18. The number of furan rings is 1. The van der Waals surface area contributed by atoms with Crippen LogP contribution in [-0.4, -0.2) is 4.98 Å². The van der Waals surface area contributed by atoms with E-state index in [4.69, 9.17) is 13.8 Å². The summed E-state index contributed by atoms with van der Waals surface area (Å²) >= 11 is 0. The van der Waals surface area contributed by atoms with Crippen molar-refractivity contribution in [3.63, 3.8) is 0 Å². The van der Waals surface area contributed by atoms with Gasteiger partial charge in [0.1, 0.15) is 16.7 Å². The smallest absolute Gasteiger partial charge is 0.227 e. The van der Waals surface area contributed by atoms with E-state index in [0.717, 1.165) is 61.2 Å². The second-order valence-electron chi connectivity index (χ2n) is 12.8. The molecule has 4 heteroatoms. The van der Waals surface area contributed by atoms with Crippen LogP contribution in [0.5, 0.6) is 0 Å². The summed E-state index contributed by atoms with van der Waals surface area (Å²) in [6, 6.07) is 63.6. The van der Waals surface area contributed by atoms with Gasteiger partial charge < -0.3 is 13.7 Å². The predicted octanol–water partition coefficient (Wildman–Crippen LogP) is 13.4. The largest absolute Gasteiger partial charge is 0.455 e. The number of rotatable bonds is 6. The van der Waals surface area contributed by atoms with Crippen LogP contribution in [0.15, 0.2) is 191 Å². The Balaban J connectivity index is 1.06. The maximum absolute atomic E-state index is 6.58. The SMILES string of the molecule is c1ccc(-c2cccc(N(c3ccc(-c4cccc5c4oc4cc6oc(-c7ccccc7)nc6cc45)cc3)c3ccc4ccccc4c3)c2)cc1. The normalized spacial score (nSPS) is 11.5. The minimum Gasteiger partial charge on any atom is -0.455 e. The molecule has 10 rings (SSSR count). The van der Waals surface area contributed by atoms with E-state index in [1.54, 1.807) is 0 Å². The quantitative estimate of drug-likeness (QED) is 0.179. The molecule has 0 saturated heterocycles. The van der Waals surface area contributed by atoms with Gasteiger partial charge in [0, 0.05) is 45.0 Å². The molecule has 0 N–H and O–H groups in total. The van der Waals surface area contributed by atoms with Gasteiger partial charge in [0.05, 0.1) is 0 Å². The summed E-state index contributed by atoms with van der Waals surface area (Å²) < 4.78 is 12.7. The zero-order valence-electron chi connectivity index (χ0n) is 27.5. The van der Waals surface area contributed by atoms with Crippen LogP contribution >= 0.6 is 0 Å². The lowest BCUT2D eigenvalue weighted by Gasteiger charge is -2.26. The van der Waals surface area contributed by atoms with Crippen molar-refractivity contribution in [3.05, 3.63) is 182 Å². The summed E-state index contributed by atoms with van der Waals surface area (Å²) in [5, 5.41) is 4.48. The molecule has 240 valence electrons. The van der Waals surface area contributed by atoms with Crippen molar-refractivity contribution in [2.45, 2.75) is 0 Å². The number of hydrogen-bond donors (Lipinski definition) is 0. The first-order valence-electron chi connectivity index (χ1n) is 17.1.